The Balaban J connectivity index is 1.45. The maximum Gasteiger partial charge on any atom is 0.165 e. The van der Waals surface area contributed by atoms with Crippen LogP contribution in [-0.2, 0) is 11.8 Å². The van der Waals surface area contributed by atoms with Crippen LogP contribution < -0.4 is 10.1 Å². The van der Waals surface area contributed by atoms with Crippen molar-refractivity contribution in [2.45, 2.75) is 87.5 Å². The molecule has 1 aromatic rings. The zero-order valence-electron chi connectivity index (χ0n) is 17.5. The normalized spacial score (nSPS) is 39.9. The molecule has 3 aliphatic carbocycles. The molecular formula is C24H34N2O3. The van der Waals surface area contributed by atoms with Gasteiger partial charge in [-0.1, -0.05) is 19.4 Å². The summed E-state index contributed by atoms with van der Waals surface area (Å²) in [5.41, 5.74) is 1.26. The number of nitrogens with zero attached hydrogens (tertiary/aromatic N) is 1. The van der Waals surface area contributed by atoms with Gasteiger partial charge in [-0.3, -0.25) is 4.90 Å². The number of aliphatic hydroxyl groups is 1. The number of aromatic hydroxyl groups is 1. The molecule has 1 saturated heterocycles. The number of phenols is 1. The molecule has 0 amide bonds. The van der Waals surface area contributed by atoms with Gasteiger partial charge in [0.15, 0.2) is 11.5 Å². The zero-order chi connectivity index (χ0) is 19.8. The number of rotatable bonds is 6. The van der Waals surface area contributed by atoms with Gasteiger partial charge in [0.25, 0.3) is 0 Å². The van der Waals surface area contributed by atoms with Crippen molar-refractivity contribution in [3.63, 3.8) is 0 Å². The number of piperidine rings is 1. The van der Waals surface area contributed by atoms with E-state index >= 15 is 0 Å². The van der Waals surface area contributed by atoms with Gasteiger partial charge >= 0.3 is 0 Å². The van der Waals surface area contributed by atoms with E-state index in [2.05, 4.69) is 23.2 Å². The summed E-state index contributed by atoms with van der Waals surface area (Å²) in [4.78, 5) is 2.60. The molecule has 1 aromatic carbocycles. The van der Waals surface area contributed by atoms with Gasteiger partial charge in [0, 0.05) is 24.2 Å². The number of phenolic OH excluding ortho intramolecular Hbond substituents is 1. The Bertz CT molecular complexity index is 825. The van der Waals surface area contributed by atoms with E-state index in [0.717, 1.165) is 63.2 Å². The molecule has 2 aliphatic heterocycles. The van der Waals surface area contributed by atoms with Gasteiger partial charge in [-0.25, -0.2) is 0 Å². The van der Waals surface area contributed by atoms with Crippen LogP contribution in [0, 0.1) is 5.92 Å². The molecule has 5 heteroatoms. The Labute approximate surface area is 173 Å². The van der Waals surface area contributed by atoms with Crippen LogP contribution in [-0.4, -0.2) is 58.5 Å². The average molecular weight is 399 g/mol. The van der Waals surface area contributed by atoms with Crippen LogP contribution in [0.4, 0.5) is 0 Å². The first kappa shape index (κ1) is 18.5. The van der Waals surface area contributed by atoms with Gasteiger partial charge in [0.2, 0.25) is 0 Å². The third-order valence-corrected chi connectivity index (χ3v) is 8.70. The summed E-state index contributed by atoms with van der Waals surface area (Å²) < 4.78 is 6.56. The molecule has 0 unspecified atom stereocenters. The summed E-state index contributed by atoms with van der Waals surface area (Å²) in [6, 6.07) is 4.29. The fourth-order valence-electron chi connectivity index (χ4n) is 7.15. The molecule has 2 heterocycles. The lowest BCUT2D eigenvalue weighted by Crippen LogP contribution is -2.78. The first-order chi connectivity index (χ1) is 14.1. The van der Waals surface area contributed by atoms with Gasteiger partial charge < -0.3 is 20.3 Å². The minimum absolute atomic E-state index is 0.0916. The standard InChI is InChI=1S/C24H34N2O3/c1-2-3-11-25-17-8-9-24(28)19-13-16-6-7-18(27)21-20(16)23(24,22(17)29-21)10-12-26(19)14-15-4-5-15/h6-7,15,17,19,22,25,27-28H,2-5,8-14H2,1H3/t17-,19+,22+,23+,24-/m1/s1. The van der Waals surface area contributed by atoms with Gasteiger partial charge in [-0.15, -0.1) is 0 Å². The summed E-state index contributed by atoms with van der Waals surface area (Å²) >= 11 is 0. The van der Waals surface area contributed by atoms with Crippen LogP contribution in [0.5, 0.6) is 11.5 Å². The Morgan fingerprint density at radius 1 is 1.24 bits per heavy atom. The highest BCUT2D eigenvalue weighted by atomic mass is 16.5. The molecule has 0 aromatic heterocycles. The van der Waals surface area contributed by atoms with Crippen LogP contribution >= 0.6 is 0 Å². The minimum Gasteiger partial charge on any atom is -0.504 e. The van der Waals surface area contributed by atoms with E-state index in [9.17, 15) is 10.2 Å². The van der Waals surface area contributed by atoms with E-state index in [0.29, 0.717) is 5.75 Å². The van der Waals surface area contributed by atoms with Crippen LogP contribution in [0.25, 0.3) is 0 Å². The number of hydrogen-bond acceptors (Lipinski definition) is 5. The van der Waals surface area contributed by atoms with Crippen molar-refractivity contribution in [1.29, 1.82) is 0 Å². The predicted octanol–water partition coefficient (Wildman–Crippen LogP) is 2.71. The maximum atomic E-state index is 12.4. The second kappa shape index (κ2) is 6.35. The second-order valence-corrected chi connectivity index (χ2v) is 10.2. The van der Waals surface area contributed by atoms with Crippen molar-refractivity contribution in [2.75, 3.05) is 19.6 Å². The SMILES string of the molecule is CCCCN[C@@H]1CC[C@@]2(O)[C@@H]3Cc4ccc(O)c5c4[C@@]2(CCN3CC2CC2)[C@H]1O5. The molecule has 3 fully saturated rings. The number of ether oxygens (including phenoxy) is 1. The maximum absolute atomic E-state index is 12.4. The lowest BCUT2D eigenvalue weighted by atomic mass is 9.48. The number of unbranched alkanes of at least 4 members (excludes halogenated alkanes) is 1. The van der Waals surface area contributed by atoms with Gasteiger partial charge in [0.05, 0.1) is 11.0 Å². The number of hydrogen-bond donors (Lipinski definition) is 3. The van der Waals surface area contributed by atoms with E-state index in [1.54, 1.807) is 6.07 Å². The topological polar surface area (TPSA) is 65.0 Å². The van der Waals surface area contributed by atoms with Crippen molar-refractivity contribution < 1.29 is 14.9 Å². The molecular weight excluding hydrogens is 364 g/mol. The zero-order valence-corrected chi connectivity index (χ0v) is 17.5. The van der Waals surface area contributed by atoms with Crippen LogP contribution in [0.2, 0.25) is 0 Å². The van der Waals surface area contributed by atoms with Crippen molar-refractivity contribution in [3.8, 4) is 11.5 Å². The van der Waals surface area contributed by atoms with Crippen LogP contribution in [0.15, 0.2) is 12.1 Å². The number of benzene rings is 1. The molecule has 158 valence electrons. The molecule has 5 aliphatic rings. The second-order valence-electron chi connectivity index (χ2n) is 10.2. The lowest BCUT2D eigenvalue weighted by Gasteiger charge is -2.64. The fourth-order valence-corrected chi connectivity index (χ4v) is 7.15. The summed E-state index contributed by atoms with van der Waals surface area (Å²) in [6.45, 7) is 5.36. The molecule has 6 rings (SSSR count). The molecule has 0 radical (unpaired) electrons. The molecule has 2 bridgehead atoms. The average Bonchev–Trinajstić information content (AvgIpc) is 3.45. The van der Waals surface area contributed by atoms with Crippen molar-refractivity contribution in [3.05, 3.63) is 23.3 Å². The highest BCUT2D eigenvalue weighted by Gasteiger charge is 2.72. The lowest BCUT2D eigenvalue weighted by molar-refractivity contribution is -0.191. The van der Waals surface area contributed by atoms with Gasteiger partial charge in [0.1, 0.15) is 6.10 Å². The molecule has 5 atom stereocenters. The van der Waals surface area contributed by atoms with E-state index < -0.39 is 5.60 Å². The number of likely N-dealkylation sites (tertiary alicyclic amines) is 1. The summed E-state index contributed by atoms with van der Waals surface area (Å²) in [6.07, 6.45) is 8.47. The van der Waals surface area contributed by atoms with Crippen molar-refractivity contribution in [1.82, 2.24) is 10.2 Å². The molecule has 2 saturated carbocycles. The first-order valence-electron chi connectivity index (χ1n) is 11.8. The molecule has 5 nitrogen and oxygen atoms in total. The number of nitrogens with one attached hydrogen (secondary N) is 1. The smallest absolute Gasteiger partial charge is 0.165 e. The highest BCUT2D eigenvalue weighted by molar-refractivity contribution is 5.62. The third kappa shape index (κ3) is 2.38. The minimum atomic E-state index is -0.764. The van der Waals surface area contributed by atoms with E-state index in [4.69, 9.17) is 4.74 Å². The Morgan fingerprint density at radius 2 is 2.10 bits per heavy atom. The molecule has 1 spiro atoms. The summed E-state index contributed by atoms with van der Waals surface area (Å²) in [7, 11) is 0. The fraction of sp³-hybridized carbons (Fsp3) is 0.750. The van der Waals surface area contributed by atoms with Gasteiger partial charge in [-0.05, 0) is 75.6 Å². The monoisotopic (exact) mass is 398 g/mol. The molecule has 29 heavy (non-hydrogen) atoms. The quantitative estimate of drug-likeness (QED) is 0.643. The highest BCUT2D eigenvalue weighted by Crippen LogP contribution is 2.65. The predicted molar refractivity (Wildman–Crippen MR) is 111 cm³/mol. The summed E-state index contributed by atoms with van der Waals surface area (Å²) in [5, 5.41) is 26.7. The Hall–Kier alpha value is -1.30. The van der Waals surface area contributed by atoms with E-state index in [1.165, 1.54) is 24.8 Å². The largest absolute Gasteiger partial charge is 0.504 e. The summed E-state index contributed by atoms with van der Waals surface area (Å²) in [5.74, 6) is 1.72. The van der Waals surface area contributed by atoms with Crippen molar-refractivity contribution in [2.24, 2.45) is 5.92 Å². The van der Waals surface area contributed by atoms with Crippen LogP contribution in [0.3, 0.4) is 0 Å². The Morgan fingerprint density at radius 3 is 2.90 bits per heavy atom. The third-order valence-electron chi connectivity index (χ3n) is 8.70. The van der Waals surface area contributed by atoms with Gasteiger partial charge in [-0.2, -0.15) is 0 Å². The van der Waals surface area contributed by atoms with E-state index in [1.807, 2.05) is 0 Å². The molecule has 3 N–H and O–H groups in total. The van der Waals surface area contributed by atoms with Crippen molar-refractivity contribution >= 4 is 0 Å². The van der Waals surface area contributed by atoms with E-state index in [-0.39, 0.29) is 29.4 Å². The van der Waals surface area contributed by atoms with Crippen LogP contribution in [0.1, 0.15) is 63.0 Å². The first-order valence-corrected chi connectivity index (χ1v) is 11.8. The Kier molecular flexibility index (Phi) is 4.04.